The number of benzene rings is 1. The van der Waals surface area contributed by atoms with Gasteiger partial charge in [0.2, 0.25) is 0 Å². The van der Waals surface area contributed by atoms with Crippen molar-refractivity contribution >= 4 is 5.69 Å². The van der Waals surface area contributed by atoms with Crippen LogP contribution in [0.3, 0.4) is 0 Å². The molecule has 0 bridgehead atoms. The van der Waals surface area contributed by atoms with Gasteiger partial charge in [0.15, 0.2) is 6.61 Å². The van der Waals surface area contributed by atoms with E-state index in [1.807, 2.05) is 0 Å². The minimum absolute atomic E-state index is 0.263. The van der Waals surface area contributed by atoms with Crippen molar-refractivity contribution < 1.29 is 17.9 Å². The quantitative estimate of drug-likeness (QED) is 0.886. The molecule has 0 saturated heterocycles. The fraction of sp³-hybridized carbons (Fsp3) is 0.571. The molecule has 1 N–H and O–H groups in total. The number of ether oxygens (including phenoxy) is 1. The molecule has 0 spiro atoms. The molecule has 0 heterocycles. The first-order chi connectivity index (χ1) is 8.96. The van der Waals surface area contributed by atoms with E-state index in [-0.39, 0.29) is 5.75 Å². The van der Waals surface area contributed by atoms with E-state index < -0.39 is 12.8 Å². The van der Waals surface area contributed by atoms with E-state index in [1.165, 1.54) is 0 Å². The summed E-state index contributed by atoms with van der Waals surface area (Å²) in [7, 11) is 0. The fourth-order valence-electron chi connectivity index (χ4n) is 2.43. The normalized spacial score (nSPS) is 23.4. The van der Waals surface area contributed by atoms with Crippen molar-refractivity contribution in [1.82, 2.24) is 0 Å². The molecule has 2 rings (SSSR count). The second kappa shape index (κ2) is 5.72. The number of hydrogen-bond donors (Lipinski definition) is 1. The molecule has 2 atom stereocenters. The molecule has 106 valence electrons. The Balaban J connectivity index is 2.03. The highest BCUT2D eigenvalue weighted by Gasteiger charge is 2.29. The highest BCUT2D eigenvalue weighted by molar-refractivity contribution is 5.56. The number of hydrogen-bond acceptors (Lipinski definition) is 2. The average Bonchev–Trinajstić information content (AvgIpc) is 2.73. The zero-order valence-corrected chi connectivity index (χ0v) is 10.8. The largest absolute Gasteiger partial charge is 0.482 e. The third-order valence-corrected chi connectivity index (χ3v) is 3.48. The monoisotopic (exact) mass is 273 g/mol. The molecule has 1 aliphatic carbocycles. The number of rotatable bonds is 4. The van der Waals surface area contributed by atoms with Crippen LogP contribution in [0.2, 0.25) is 0 Å². The molecule has 0 aliphatic heterocycles. The van der Waals surface area contributed by atoms with E-state index in [1.54, 1.807) is 24.3 Å². The lowest BCUT2D eigenvalue weighted by Gasteiger charge is -2.21. The number of nitrogens with one attached hydrogen (secondary N) is 1. The number of anilines is 1. The summed E-state index contributed by atoms with van der Waals surface area (Å²) in [6, 6.07) is 7.11. The van der Waals surface area contributed by atoms with Crippen LogP contribution in [-0.2, 0) is 0 Å². The van der Waals surface area contributed by atoms with Crippen LogP contribution in [0, 0.1) is 5.92 Å². The Morgan fingerprint density at radius 2 is 2.00 bits per heavy atom. The molecule has 1 aromatic carbocycles. The van der Waals surface area contributed by atoms with Gasteiger partial charge in [-0.2, -0.15) is 13.2 Å². The van der Waals surface area contributed by atoms with Crippen molar-refractivity contribution in [3.63, 3.8) is 0 Å². The van der Waals surface area contributed by atoms with Gasteiger partial charge >= 0.3 is 6.18 Å². The van der Waals surface area contributed by atoms with Crippen molar-refractivity contribution in [2.45, 2.75) is 38.4 Å². The summed E-state index contributed by atoms with van der Waals surface area (Å²) < 4.78 is 41.4. The smallest absolute Gasteiger partial charge is 0.422 e. The van der Waals surface area contributed by atoms with E-state index in [9.17, 15) is 13.2 Å². The number of halogens is 3. The molecular formula is C14H18F3NO. The van der Waals surface area contributed by atoms with Crippen molar-refractivity contribution in [1.29, 1.82) is 0 Å². The fourth-order valence-corrected chi connectivity index (χ4v) is 2.43. The molecule has 1 aliphatic rings. The second-order valence-electron chi connectivity index (χ2n) is 5.06. The first-order valence-corrected chi connectivity index (χ1v) is 6.51. The standard InChI is InChI=1S/C14H18F3NO/c1-10-5-4-7-11(10)18-12-6-2-3-8-13(12)19-9-14(15,16)17/h2-3,6,8,10-11,18H,4-5,7,9H2,1H3. The molecule has 2 nitrogen and oxygen atoms in total. The van der Waals surface area contributed by atoms with Crippen molar-refractivity contribution in [3.05, 3.63) is 24.3 Å². The summed E-state index contributed by atoms with van der Waals surface area (Å²) in [5.74, 6) is 0.801. The topological polar surface area (TPSA) is 21.3 Å². The van der Waals surface area contributed by atoms with Crippen LogP contribution in [0.25, 0.3) is 0 Å². The van der Waals surface area contributed by atoms with E-state index >= 15 is 0 Å². The van der Waals surface area contributed by atoms with Gasteiger partial charge < -0.3 is 10.1 Å². The van der Waals surface area contributed by atoms with E-state index in [0.29, 0.717) is 17.6 Å². The third kappa shape index (κ3) is 4.04. The summed E-state index contributed by atoms with van der Waals surface area (Å²) in [4.78, 5) is 0. The Morgan fingerprint density at radius 3 is 2.63 bits per heavy atom. The van der Waals surface area contributed by atoms with Crippen LogP contribution in [0.1, 0.15) is 26.2 Å². The second-order valence-corrected chi connectivity index (χ2v) is 5.06. The molecule has 19 heavy (non-hydrogen) atoms. The summed E-state index contributed by atoms with van der Waals surface area (Å²) in [6.45, 7) is 0.899. The highest BCUT2D eigenvalue weighted by atomic mass is 19.4. The maximum absolute atomic E-state index is 12.2. The van der Waals surface area contributed by atoms with Gasteiger partial charge in [0.1, 0.15) is 5.75 Å². The van der Waals surface area contributed by atoms with Crippen LogP contribution in [0.5, 0.6) is 5.75 Å². The zero-order chi connectivity index (χ0) is 13.9. The molecule has 0 radical (unpaired) electrons. The Kier molecular flexibility index (Phi) is 4.22. The van der Waals surface area contributed by atoms with Crippen molar-refractivity contribution in [3.8, 4) is 5.75 Å². The maximum atomic E-state index is 12.2. The minimum Gasteiger partial charge on any atom is -0.482 e. The molecule has 1 saturated carbocycles. The molecule has 1 fully saturated rings. The molecule has 2 unspecified atom stereocenters. The first-order valence-electron chi connectivity index (χ1n) is 6.51. The number of para-hydroxylation sites is 2. The van der Waals surface area contributed by atoms with Gasteiger partial charge in [-0.1, -0.05) is 25.5 Å². The third-order valence-electron chi connectivity index (χ3n) is 3.48. The van der Waals surface area contributed by atoms with Gasteiger partial charge in [-0.25, -0.2) is 0 Å². The Bertz CT molecular complexity index is 419. The van der Waals surface area contributed by atoms with Gasteiger partial charge in [-0.3, -0.25) is 0 Å². The summed E-state index contributed by atoms with van der Waals surface area (Å²) in [5, 5.41) is 3.30. The number of alkyl halides is 3. The van der Waals surface area contributed by atoms with Gasteiger partial charge in [0, 0.05) is 6.04 Å². The van der Waals surface area contributed by atoms with Gasteiger partial charge in [-0.15, -0.1) is 0 Å². The van der Waals surface area contributed by atoms with E-state index in [0.717, 1.165) is 19.3 Å². The average molecular weight is 273 g/mol. The molecule has 1 aromatic rings. The Hall–Kier alpha value is -1.39. The SMILES string of the molecule is CC1CCCC1Nc1ccccc1OCC(F)(F)F. The predicted molar refractivity (Wildman–Crippen MR) is 68.4 cm³/mol. The van der Waals surface area contributed by atoms with Gasteiger partial charge in [0.25, 0.3) is 0 Å². The highest BCUT2D eigenvalue weighted by Crippen LogP contribution is 2.32. The molecule has 0 amide bonds. The van der Waals surface area contributed by atoms with Gasteiger partial charge in [-0.05, 0) is 30.9 Å². The van der Waals surface area contributed by atoms with E-state index in [4.69, 9.17) is 4.74 Å². The summed E-state index contributed by atoms with van der Waals surface area (Å²) in [5.41, 5.74) is 0.644. The van der Waals surface area contributed by atoms with E-state index in [2.05, 4.69) is 12.2 Å². The van der Waals surface area contributed by atoms with Crippen molar-refractivity contribution in [2.24, 2.45) is 5.92 Å². The Labute approximate surface area is 111 Å². The summed E-state index contributed by atoms with van der Waals surface area (Å²) >= 11 is 0. The zero-order valence-electron chi connectivity index (χ0n) is 10.8. The predicted octanol–water partition coefficient (Wildman–Crippen LogP) is 4.23. The Morgan fingerprint density at radius 1 is 1.26 bits per heavy atom. The summed E-state index contributed by atoms with van der Waals surface area (Å²) in [6.07, 6.45) is -0.948. The van der Waals surface area contributed by atoms with Crippen LogP contribution in [-0.4, -0.2) is 18.8 Å². The van der Waals surface area contributed by atoms with Crippen LogP contribution in [0.4, 0.5) is 18.9 Å². The first kappa shape index (κ1) is 14.0. The minimum atomic E-state index is -4.31. The van der Waals surface area contributed by atoms with Crippen LogP contribution < -0.4 is 10.1 Å². The lowest BCUT2D eigenvalue weighted by molar-refractivity contribution is -0.153. The van der Waals surface area contributed by atoms with Crippen LogP contribution in [0.15, 0.2) is 24.3 Å². The van der Waals surface area contributed by atoms with Crippen LogP contribution >= 0.6 is 0 Å². The maximum Gasteiger partial charge on any atom is 0.422 e. The molecular weight excluding hydrogens is 255 g/mol. The lowest BCUT2D eigenvalue weighted by Crippen LogP contribution is -2.23. The van der Waals surface area contributed by atoms with Crippen molar-refractivity contribution in [2.75, 3.05) is 11.9 Å². The molecule has 0 aromatic heterocycles. The molecule has 5 heteroatoms. The van der Waals surface area contributed by atoms with Gasteiger partial charge in [0.05, 0.1) is 5.69 Å². The lowest BCUT2D eigenvalue weighted by atomic mass is 10.1.